The number of rotatable bonds is 7. The number of sulfone groups is 1. The summed E-state index contributed by atoms with van der Waals surface area (Å²) in [4.78, 5) is 0. The third kappa shape index (κ3) is 4.86. The first-order valence-electron chi connectivity index (χ1n) is 6.67. The summed E-state index contributed by atoms with van der Waals surface area (Å²) >= 11 is 0. The van der Waals surface area contributed by atoms with E-state index in [4.69, 9.17) is 10.00 Å². The zero-order chi connectivity index (χ0) is 15.2. The zero-order valence-electron chi connectivity index (χ0n) is 12.2. The van der Waals surface area contributed by atoms with E-state index in [1.165, 1.54) is 0 Å². The highest BCUT2D eigenvalue weighted by Crippen LogP contribution is 2.15. The van der Waals surface area contributed by atoms with Crippen LogP contribution in [0.1, 0.15) is 26.3 Å². The van der Waals surface area contributed by atoms with Gasteiger partial charge in [0.2, 0.25) is 0 Å². The SMILES string of the molecule is CC(C)C(C)S(=O)(=O)CCOc1ccc(CC#N)cc1. The van der Waals surface area contributed by atoms with E-state index in [9.17, 15) is 8.42 Å². The Morgan fingerprint density at radius 1 is 1.20 bits per heavy atom. The second kappa shape index (κ2) is 7.30. The summed E-state index contributed by atoms with van der Waals surface area (Å²) in [6, 6.07) is 9.20. The smallest absolute Gasteiger partial charge is 0.156 e. The molecule has 0 heterocycles. The predicted octanol–water partition coefficient (Wildman–Crippen LogP) is 2.59. The van der Waals surface area contributed by atoms with Gasteiger partial charge in [-0.1, -0.05) is 26.0 Å². The Hall–Kier alpha value is -1.54. The van der Waals surface area contributed by atoms with Crippen molar-refractivity contribution in [2.24, 2.45) is 5.92 Å². The molecule has 0 amide bonds. The van der Waals surface area contributed by atoms with Crippen LogP contribution in [0.5, 0.6) is 5.75 Å². The van der Waals surface area contributed by atoms with Crippen LogP contribution in [0.4, 0.5) is 0 Å². The lowest BCUT2D eigenvalue weighted by Crippen LogP contribution is -2.28. The summed E-state index contributed by atoms with van der Waals surface area (Å²) in [7, 11) is -3.11. The van der Waals surface area contributed by atoms with Gasteiger partial charge in [0.15, 0.2) is 9.84 Å². The fourth-order valence-corrected chi connectivity index (χ4v) is 3.19. The lowest BCUT2D eigenvalue weighted by molar-refractivity contribution is 0.340. The molecule has 1 aromatic rings. The molecule has 0 aliphatic heterocycles. The van der Waals surface area contributed by atoms with E-state index in [-0.39, 0.29) is 23.5 Å². The van der Waals surface area contributed by atoms with Gasteiger partial charge in [0.05, 0.1) is 23.5 Å². The van der Waals surface area contributed by atoms with Crippen molar-refractivity contribution in [1.82, 2.24) is 0 Å². The molecule has 1 aromatic carbocycles. The Kier molecular flexibility index (Phi) is 6.03. The van der Waals surface area contributed by atoms with E-state index in [2.05, 4.69) is 6.07 Å². The van der Waals surface area contributed by atoms with Gasteiger partial charge in [0.1, 0.15) is 12.4 Å². The molecule has 0 aromatic heterocycles. The Balaban J connectivity index is 2.50. The minimum Gasteiger partial charge on any atom is -0.493 e. The van der Waals surface area contributed by atoms with E-state index in [0.717, 1.165) is 5.56 Å². The van der Waals surface area contributed by atoms with Gasteiger partial charge in [-0.2, -0.15) is 5.26 Å². The molecule has 0 bridgehead atoms. The summed E-state index contributed by atoms with van der Waals surface area (Å²) in [6.45, 7) is 5.68. The first kappa shape index (κ1) is 16.5. The number of hydrogen-bond acceptors (Lipinski definition) is 4. The average Bonchev–Trinajstić information content (AvgIpc) is 2.40. The van der Waals surface area contributed by atoms with Crippen molar-refractivity contribution < 1.29 is 13.2 Å². The lowest BCUT2D eigenvalue weighted by Gasteiger charge is -2.16. The van der Waals surface area contributed by atoms with Gasteiger partial charge in [-0.05, 0) is 30.5 Å². The van der Waals surface area contributed by atoms with Crippen molar-refractivity contribution in [3.63, 3.8) is 0 Å². The highest BCUT2D eigenvalue weighted by Gasteiger charge is 2.23. The maximum absolute atomic E-state index is 12.0. The molecule has 1 atom stereocenters. The van der Waals surface area contributed by atoms with Crippen LogP contribution < -0.4 is 4.74 Å². The van der Waals surface area contributed by atoms with Crippen LogP contribution in [0, 0.1) is 17.2 Å². The van der Waals surface area contributed by atoms with Gasteiger partial charge in [0.25, 0.3) is 0 Å². The Labute approximate surface area is 121 Å². The molecule has 1 rings (SSSR count). The molecule has 4 nitrogen and oxygen atoms in total. The number of ether oxygens (including phenoxy) is 1. The molecule has 20 heavy (non-hydrogen) atoms. The Morgan fingerprint density at radius 2 is 1.80 bits per heavy atom. The van der Waals surface area contributed by atoms with E-state index >= 15 is 0 Å². The summed E-state index contributed by atoms with van der Waals surface area (Å²) in [5.41, 5.74) is 0.918. The monoisotopic (exact) mass is 295 g/mol. The molecule has 0 aliphatic rings. The van der Waals surface area contributed by atoms with E-state index in [1.54, 1.807) is 19.1 Å². The van der Waals surface area contributed by atoms with Crippen molar-refractivity contribution >= 4 is 9.84 Å². The summed E-state index contributed by atoms with van der Waals surface area (Å²) < 4.78 is 29.4. The zero-order valence-corrected chi connectivity index (χ0v) is 13.0. The van der Waals surface area contributed by atoms with Crippen LogP contribution in [0.25, 0.3) is 0 Å². The van der Waals surface area contributed by atoms with Crippen molar-refractivity contribution in [2.75, 3.05) is 12.4 Å². The van der Waals surface area contributed by atoms with Crippen LogP contribution >= 0.6 is 0 Å². The van der Waals surface area contributed by atoms with Crippen LogP contribution in [0.2, 0.25) is 0 Å². The molecule has 0 saturated heterocycles. The second-order valence-electron chi connectivity index (χ2n) is 5.14. The summed E-state index contributed by atoms with van der Waals surface area (Å²) in [5.74, 6) is 0.746. The van der Waals surface area contributed by atoms with E-state index in [0.29, 0.717) is 12.2 Å². The molecule has 110 valence electrons. The molecule has 0 aliphatic carbocycles. The average molecular weight is 295 g/mol. The maximum atomic E-state index is 12.0. The molecule has 0 radical (unpaired) electrons. The first-order chi connectivity index (χ1) is 9.36. The number of nitriles is 1. The highest BCUT2D eigenvalue weighted by molar-refractivity contribution is 7.92. The predicted molar refractivity (Wildman–Crippen MR) is 79.3 cm³/mol. The number of nitrogens with zero attached hydrogens (tertiary/aromatic N) is 1. The molecule has 1 unspecified atom stereocenters. The van der Waals surface area contributed by atoms with Crippen LogP contribution in [-0.2, 0) is 16.3 Å². The second-order valence-corrected chi connectivity index (χ2v) is 7.62. The molecule has 0 spiro atoms. The van der Waals surface area contributed by atoms with Gasteiger partial charge < -0.3 is 4.74 Å². The van der Waals surface area contributed by atoms with Gasteiger partial charge in [-0.15, -0.1) is 0 Å². The minimum atomic E-state index is -3.11. The summed E-state index contributed by atoms with van der Waals surface area (Å²) in [6.07, 6.45) is 0.362. The lowest BCUT2D eigenvalue weighted by atomic mass is 10.2. The molecular weight excluding hydrogens is 274 g/mol. The van der Waals surface area contributed by atoms with Gasteiger partial charge in [-0.25, -0.2) is 8.42 Å². The van der Waals surface area contributed by atoms with Gasteiger partial charge >= 0.3 is 0 Å². The van der Waals surface area contributed by atoms with Crippen molar-refractivity contribution in [3.8, 4) is 11.8 Å². The van der Waals surface area contributed by atoms with Crippen molar-refractivity contribution in [3.05, 3.63) is 29.8 Å². The number of hydrogen-bond donors (Lipinski definition) is 0. The standard InChI is InChI=1S/C15H21NO3S/c1-12(2)13(3)20(17,18)11-10-19-15-6-4-14(5-7-15)8-9-16/h4-7,12-13H,8,10-11H2,1-3H3. The largest absolute Gasteiger partial charge is 0.493 e. The van der Waals surface area contributed by atoms with Crippen LogP contribution in [-0.4, -0.2) is 26.0 Å². The van der Waals surface area contributed by atoms with E-state index in [1.807, 2.05) is 26.0 Å². The van der Waals surface area contributed by atoms with Crippen LogP contribution in [0.3, 0.4) is 0 Å². The van der Waals surface area contributed by atoms with Crippen molar-refractivity contribution in [2.45, 2.75) is 32.4 Å². The van der Waals surface area contributed by atoms with Crippen molar-refractivity contribution in [1.29, 1.82) is 5.26 Å². The number of benzene rings is 1. The Bertz CT molecular complexity index is 556. The van der Waals surface area contributed by atoms with Crippen LogP contribution in [0.15, 0.2) is 24.3 Å². The first-order valence-corrected chi connectivity index (χ1v) is 8.38. The molecule has 0 fully saturated rings. The third-order valence-electron chi connectivity index (χ3n) is 3.35. The molecule has 0 saturated carbocycles. The normalized spacial score (nSPS) is 12.9. The van der Waals surface area contributed by atoms with E-state index < -0.39 is 9.84 Å². The fourth-order valence-electron chi connectivity index (χ4n) is 1.67. The fraction of sp³-hybridized carbons (Fsp3) is 0.533. The molecule has 5 heteroatoms. The summed E-state index contributed by atoms with van der Waals surface area (Å²) in [5, 5.41) is 8.21. The van der Waals surface area contributed by atoms with Gasteiger partial charge in [0, 0.05) is 0 Å². The maximum Gasteiger partial charge on any atom is 0.156 e. The van der Waals surface area contributed by atoms with Gasteiger partial charge in [-0.3, -0.25) is 0 Å². The molecule has 0 N–H and O–H groups in total. The Morgan fingerprint density at radius 3 is 2.30 bits per heavy atom. The molecular formula is C15H21NO3S. The topological polar surface area (TPSA) is 67.2 Å². The third-order valence-corrected chi connectivity index (χ3v) is 5.76. The minimum absolute atomic E-state index is 0.0201. The quantitative estimate of drug-likeness (QED) is 0.775. The highest BCUT2D eigenvalue weighted by atomic mass is 32.2.